The van der Waals surface area contributed by atoms with Crippen molar-refractivity contribution in [1.82, 2.24) is 10.2 Å². The van der Waals surface area contributed by atoms with Gasteiger partial charge in [0.15, 0.2) is 0 Å². The number of nitrogens with one attached hydrogen (secondary N) is 1. The number of rotatable bonds is 2. The lowest BCUT2D eigenvalue weighted by molar-refractivity contribution is -0.149. The van der Waals surface area contributed by atoms with Crippen LogP contribution in [0.3, 0.4) is 0 Å². The Morgan fingerprint density at radius 3 is 2.26 bits per heavy atom. The minimum atomic E-state index is -0.770. The molecule has 1 aliphatic heterocycles. The minimum Gasteiger partial charge on any atom is -0.467 e. The van der Waals surface area contributed by atoms with Gasteiger partial charge >= 0.3 is 18.2 Å². The number of carbonyl (C=O) groups is 3. The number of likely N-dealkylation sites (tertiary alicyclic amines) is 1. The summed E-state index contributed by atoms with van der Waals surface area (Å²) in [4.78, 5) is 35.9. The second-order valence-electron chi connectivity index (χ2n) is 4.00. The SMILES string of the molecule is COC(=O)NC1CCC[C@@H](C(=O)OC)N1C(=O)OC. The van der Waals surface area contributed by atoms with E-state index in [0.717, 1.165) is 0 Å². The molecule has 1 fully saturated rings. The molecule has 0 aromatic heterocycles. The fraction of sp³-hybridized carbons (Fsp3) is 0.727. The maximum absolute atomic E-state index is 11.8. The van der Waals surface area contributed by atoms with Gasteiger partial charge in [0.2, 0.25) is 0 Å². The second kappa shape index (κ2) is 6.81. The molecule has 1 unspecified atom stereocenters. The van der Waals surface area contributed by atoms with E-state index in [1.165, 1.54) is 26.2 Å². The number of hydrogen-bond donors (Lipinski definition) is 1. The number of piperidine rings is 1. The zero-order valence-corrected chi connectivity index (χ0v) is 11.2. The molecule has 1 N–H and O–H groups in total. The highest BCUT2D eigenvalue weighted by Crippen LogP contribution is 2.23. The fourth-order valence-electron chi connectivity index (χ4n) is 2.06. The summed E-state index contributed by atoms with van der Waals surface area (Å²) in [6, 6.07) is -0.770. The maximum atomic E-state index is 11.8. The Morgan fingerprint density at radius 1 is 1.05 bits per heavy atom. The van der Waals surface area contributed by atoms with Crippen molar-refractivity contribution in [3.63, 3.8) is 0 Å². The van der Waals surface area contributed by atoms with E-state index >= 15 is 0 Å². The number of amides is 2. The largest absolute Gasteiger partial charge is 0.467 e. The van der Waals surface area contributed by atoms with Crippen molar-refractivity contribution in [1.29, 1.82) is 0 Å². The molecule has 1 rings (SSSR count). The highest BCUT2D eigenvalue weighted by atomic mass is 16.6. The molecule has 8 heteroatoms. The Hall–Kier alpha value is -1.99. The van der Waals surface area contributed by atoms with Gasteiger partial charge < -0.3 is 19.5 Å². The fourth-order valence-corrected chi connectivity index (χ4v) is 2.06. The van der Waals surface area contributed by atoms with E-state index in [2.05, 4.69) is 19.5 Å². The third kappa shape index (κ3) is 3.49. The van der Waals surface area contributed by atoms with Gasteiger partial charge in [0.05, 0.1) is 21.3 Å². The van der Waals surface area contributed by atoms with Crippen LogP contribution in [-0.2, 0) is 19.0 Å². The Balaban J connectivity index is 2.91. The highest BCUT2D eigenvalue weighted by molar-refractivity contribution is 5.82. The standard InChI is InChI=1S/C11H18N2O6/c1-17-9(14)7-5-4-6-8(12-10(15)18-2)13(7)11(16)19-3/h7-8H,4-6H2,1-3H3,(H,12,15)/t7-,8?/m0/s1. The van der Waals surface area contributed by atoms with E-state index in [9.17, 15) is 14.4 Å². The van der Waals surface area contributed by atoms with Crippen molar-refractivity contribution in [3.8, 4) is 0 Å². The molecule has 108 valence electrons. The molecule has 0 radical (unpaired) electrons. The Bertz CT molecular complexity index is 359. The molecule has 8 nitrogen and oxygen atoms in total. The Morgan fingerprint density at radius 2 is 1.74 bits per heavy atom. The average molecular weight is 274 g/mol. The van der Waals surface area contributed by atoms with E-state index in [-0.39, 0.29) is 0 Å². The van der Waals surface area contributed by atoms with Gasteiger partial charge in [-0.05, 0) is 19.3 Å². The molecule has 0 bridgehead atoms. The maximum Gasteiger partial charge on any atom is 0.411 e. The molecule has 0 spiro atoms. The van der Waals surface area contributed by atoms with Crippen LogP contribution in [0, 0.1) is 0 Å². The molecule has 2 atom stereocenters. The number of esters is 1. The van der Waals surface area contributed by atoms with Crippen molar-refractivity contribution >= 4 is 18.2 Å². The van der Waals surface area contributed by atoms with Crippen molar-refractivity contribution in [2.75, 3.05) is 21.3 Å². The van der Waals surface area contributed by atoms with Crippen molar-refractivity contribution in [3.05, 3.63) is 0 Å². The molecular formula is C11H18N2O6. The van der Waals surface area contributed by atoms with E-state index in [4.69, 9.17) is 0 Å². The molecule has 0 aromatic rings. The summed E-state index contributed by atoms with van der Waals surface area (Å²) >= 11 is 0. The van der Waals surface area contributed by atoms with Crippen LogP contribution in [-0.4, -0.2) is 56.6 Å². The minimum absolute atomic E-state index is 0.459. The average Bonchev–Trinajstić information content (AvgIpc) is 2.45. The smallest absolute Gasteiger partial charge is 0.411 e. The summed E-state index contributed by atoms with van der Waals surface area (Å²) in [5, 5.41) is 2.50. The summed E-state index contributed by atoms with van der Waals surface area (Å²) in [6.07, 6.45) is -0.389. The first-order chi connectivity index (χ1) is 9.04. The predicted octanol–water partition coefficient (Wildman–Crippen LogP) is 0.462. The summed E-state index contributed by atoms with van der Waals surface area (Å²) < 4.78 is 13.8. The van der Waals surface area contributed by atoms with Crippen LogP contribution >= 0.6 is 0 Å². The van der Waals surface area contributed by atoms with Gasteiger partial charge in [0.25, 0.3) is 0 Å². The summed E-state index contributed by atoms with van der Waals surface area (Å²) in [5.41, 5.74) is 0. The van der Waals surface area contributed by atoms with Crippen LogP contribution in [0.5, 0.6) is 0 Å². The second-order valence-corrected chi connectivity index (χ2v) is 4.00. The normalized spacial score (nSPS) is 22.4. The molecule has 1 heterocycles. The molecule has 0 saturated carbocycles. The first-order valence-corrected chi connectivity index (χ1v) is 5.83. The van der Waals surface area contributed by atoms with Gasteiger partial charge in [-0.25, -0.2) is 14.4 Å². The Labute approximate surface area is 111 Å². The summed E-state index contributed by atoms with van der Waals surface area (Å²) in [6.45, 7) is 0. The monoisotopic (exact) mass is 274 g/mol. The van der Waals surface area contributed by atoms with Gasteiger partial charge in [-0.3, -0.25) is 4.90 Å². The predicted molar refractivity (Wildman–Crippen MR) is 63.2 cm³/mol. The van der Waals surface area contributed by atoms with E-state index in [1.807, 2.05) is 0 Å². The summed E-state index contributed by atoms with van der Waals surface area (Å²) in [7, 11) is 3.67. The van der Waals surface area contributed by atoms with Gasteiger partial charge in [-0.15, -0.1) is 0 Å². The Kier molecular flexibility index (Phi) is 5.40. The quantitative estimate of drug-likeness (QED) is 0.581. The van der Waals surface area contributed by atoms with Crippen LogP contribution in [0.4, 0.5) is 9.59 Å². The van der Waals surface area contributed by atoms with Crippen LogP contribution in [0.25, 0.3) is 0 Å². The van der Waals surface area contributed by atoms with Gasteiger partial charge in [-0.1, -0.05) is 0 Å². The zero-order chi connectivity index (χ0) is 14.4. The number of ether oxygens (including phenoxy) is 3. The number of hydrogen-bond acceptors (Lipinski definition) is 6. The molecule has 0 aliphatic carbocycles. The first kappa shape index (κ1) is 15.1. The molecule has 1 aliphatic rings. The third-order valence-electron chi connectivity index (χ3n) is 2.96. The number of nitrogens with zero attached hydrogens (tertiary/aromatic N) is 1. The van der Waals surface area contributed by atoms with Crippen LogP contribution < -0.4 is 5.32 Å². The number of alkyl carbamates (subject to hydrolysis) is 1. The lowest BCUT2D eigenvalue weighted by Gasteiger charge is -2.39. The number of methoxy groups -OCH3 is 3. The van der Waals surface area contributed by atoms with E-state index in [1.54, 1.807) is 0 Å². The van der Waals surface area contributed by atoms with Gasteiger partial charge in [0, 0.05) is 0 Å². The van der Waals surface area contributed by atoms with Crippen LogP contribution in [0.2, 0.25) is 0 Å². The van der Waals surface area contributed by atoms with Crippen LogP contribution in [0.1, 0.15) is 19.3 Å². The molecule has 0 aromatic carbocycles. The van der Waals surface area contributed by atoms with E-state index < -0.39 is 30.4 Å². The topological polar surface area (TPSA) is 94.2 Å². The van der Waals surface area contributed by atoms with Crippen molar-refractivity contribution < 1.29 is 28.6 Å². The van der Waals surface area contributed by atoms with Crippen molar-refractivity contribution in [2.24, 2.45) is 0 Å². The van der Waals surface area contributed by atoms with Crippen LogP contribution in [0.15, 0.2) is 0 Å². The van der Waals surface area contributed by atoms with Gasteiger partial charge in [-0.2, -0.15) is 0 Å². The molecule has 19 heavy (non-hydrogen) atoms. The molecule has 2 amide bonds. The van der Waals surface area contributed by atoms with Gasteiger partial charge in [0.1, 0.15) is 12.2 Å². The lowest BCUT2D eigenvalue weighted by atomic mass is 10.00. The first-order valence-electron chi connectivity index (χ1n) is 5.83. The molecular weight excluding hydrogens is 256 g/mol. The lowest BCUT2D eigenvalue weighted by Crippen LogP contribution is -2.59. The zero-order valence-electron chi connectivity index (χ0n) is 11.2. The summed E-state index contributed by atoms with van der Waals surface area (Å²) in [5.74, 6) is -0.540. The third-order valence-corrected chi connectivity index (χ3v) is 2.96. The van der Waals surface area contributed by atoms with Crippen molar-refractivity contribution in [2.45, 2.75) is 31.5 Å². The molecule has 1 saturated heterocycles. The highest BCUT2D eigenvalue weighted by Gasteiger charge is 2.40. The van der Waals surface area contributed by atoms with E-state index in [0.29, 0.717) is 19.3 Å². The number of carbonyl (C=O) groups excluding carboxylic acids is 3.